The first kappa shape index (κ1) is 12.8. The Morgan fingerprint density at radius 1 is 1.56 bits per heavy atom. The zero-order chi connectivity index (χ0) is 13.0. The molecule has 1 aromatic heterocycles. The van der Waals surface area contributed by atoms with Crippen molar-refractivity contribution >= 4 is 5.97 Å². The summed E-state index contributed by atoms with van der Waals surface area (Å²) in [5, 5.41) is 8.74. The molecule has 5 nitrogen and oxygen atoms in total. The Morgan fingerprint density at radius 3 is 2.83 bits per heavy atom. The average Bonchev–Trinajstić information content (AvgIpc) is 3.19. The molecule has 1 fully saturated rings. The van der Waals surface area contributed by atoms with Gasteiger partial charge < -0.3 is 9.84 Å². The van der Waals surface area contributed by atoms with Gasteiger partial charge in [-0.25, -0.2) is 4.98 Å². The lowest BCUT2D eigenvalue weighted by molar-refractivity contribution is -0.137. The van der Waals surface area contributed by atoms with E-state index < -0.39 is 5.97 Å². The van der Waals surface area contributed by atoms with Gasteiger partial charge in [-0.1, -0.05) is 6.07 Å². The van der Waals surface area contributed by atoms with E-state index in [1.165, 1.54) is 12.8 Å². The number of carboxylic acid groups (broad SMARTS) is 1. The standard InChI is InChI=1S/C13H18N2O3/c1-18-12-5-2-10(8-14-12)9-15(11-3-4-11)7-6-13(16)17/h2,5,8,11H,3-4,6-7,9H2,1H3,(H,16,17). The van der Waals surface area contributed by atoms with Crippen molar-refractivity contribution in [2.24, 2.45) is 0 Å². The van der Waals surface area contributed by atoms with Crippen LogP contribution < -0.4 is 4.74 Å². The molecule has 0 atom stereocenters. The number of aromatic nitrogens is 1. The highest BCUT2D eigenvalue weighted by Crippen LogP contribution is 2.28. The van der Waals surface area contributed by atoms with Gasteiger partial charge in [0.25, 0.3) is 0 Å². The molecule has 0 unspecified atom stereocenters. The first-order chi connectivity index (χ1) is 8.69. The highest BCUT2D eigenvalue weighted by Gasteiger charge is 2.29. The van der Waals surface area contributed by atoms with Crippen LogP contribution in [0.1, 0.15) is 24.8 Å². The lowest BCUT2D eigenvalue weighted by atomic mass is 10.2. The maximum Gasteiger partial charge on any atom is 0.304 e. The lowest BCUT2D eigenvalue weighted by Crippen LogP contribution is -2.28. The molecule has 0 bridgehead atoms. The Hall–Kier alpha value is -1.62. The minimum absolute atomic E-state index is 0.195. The number of aliphatic carboxylic acids is 1. The van der Waals surface area contributed by atoms with Crippen molar-refractivity contribution in [1.29, 1.82) is 0 Å². The maximum atomic E-state index is 10.6. The second-order valence-corrected chi connectivity index (χ2v) is 4.55. The quantitative estimate of drug-likeness (QED) is 0.795. The molecule has 1 aliphatic rings. The van der Waals surface area contributed by atoms with Gasteiger partial charge in [0.15, 0.2) is 0 Å². The predicted molar refractivity (Wildman–Crippen MR) is 66.5 cm³/mol. The molecule has 0 aliphatic heterocycles. The van der Waals surface area contributed by atoms with Crippen molar-refractivity contribution < 1.29 is 14.6 Å². The highest BCUT2D eigenvalue weighted by molar-refractivity contribution is 5.66. The van der Waals surface area contributed by atoms with Crippen LogP contribution in [0.3, 0.4) is 0 Å². The Bertz CT molecular complexity index is 401. The average molecular weight is 250 g/mol. The second-order valence-electron chi connectivity index (χ2n) is 4.55. The van der Waals surface area contributed by atoms with E-state index in [2.05, 4.69) is 9.88 Å². The van der Waals surface area contributed by atoms with Crippen molar-refractivity contribution in [3.8, 4) is 5.88 Å². The van der Waals surface area contributed by atoms with Crippen molar-refractivity contribution in [2.45, 2.75) is 31.8 Å². The van der Waals surface area contributed by atoms with Gasteiger partial charge in [0.2, 0.25) is 5.88 Å². The van der Waals surface area contributed by atoms with E-state index in [0.717, 1.165) is 12.1 Å². The second kappa shape index (κ2) is 5.82. The Balaban J connectivity index is 1.92. The number of ether oxygens (including phenoxy) is 1. The summed E-state index contributed by atoms with van der Waals surface area (Å²) in [6, 6.07) is 4.35. The van der Waals surface area contributed by atoms with E-state index in [1.54, 1.807) is 13.3 Å². The van der Waals surface area contributed by atoms with Crippen LogP contribution in [-0.4, -0.2) is 40.7 Å². The third-order valence-electron chi connectivity index (χ3n) is 3.07. The first-order valence-corrected chi connectivity index (χ1v) is 6.14. The molecule has 98 valence electrons. The van der Waals surface area contributed by atoms with Crippen LogP contribution in [0.2, 0.25) is 0 Å². The van der Waals surface area contributed by atoms with Gasteiger partial charge >= 0.3 is 5.97 Å². The monoisotopic (exact) mass is 250 g/mol. The summed E-state index contributed by atoms with van der Waals surface area (Å²) in [6.07, 6.45) is 4.32. The summed E-state index contributed by atoms with van der Waals surface area (Å²) in [6.45, 7) is 1.36. The minimum atomic E-state index is -0.742. The summed E-state index contributed by atoms with van der Waals surface area (Å²) in [5.74, 6) is -0.143. The summed E-state index contributed by atoms with van der Waals surface area (Å²) in [4.78, 5) is 17.0. The highest BCUT2D eigenvalue weighted by atomic mass is 16.5. The maximum absolute atomic E-state index is 10.6. The molecule has 0 amide bonds. The normalized spacial score (nSPS) is 14.8. The van der Waals surface area contributed by atoms with Gasteiger partial charge in [-0.15, -0.1) is 0 Å². The van der Waals surface area contributed by atoms with Crippen LogP contribution in [0.25, 0.3) is 0 Å². The zero-order valence-electron chi connectivity index (χ0n) is 10.5. The summed E-state index contributed by atoms with van der Waals surface area (Å²) < 4.78 is 5.01. The van der Waals surface area contributed by atoms with Crippen LogP contribution in [0, 0.1) is 0 Å². The van der Waals surface area contributed by atoms with Crippen molar-refractivity contribution in [3.05, 3.63) is 23.9 Å². The minimum Gasteiger partial charge on any atom is -0.481 e. The molecule has 18 heavy (non-hydrogen) atoms. The van der Waals surface area contributed by atoms with Crippen LogP contribution in [0.5, 0.6) is 5.88 Å². The third kappa shape index (κ3) is 3.70. The molecule has 1 aromatic rings. The molecule has 1 saturated carbocycles. The third-order valence-corrected chi connectivity index (χ3v) is 3.07. The SMILES string of the molecule is COc1ccc(CN(CCC(=O)O)C2CC2)cn1. The fraction of sp³-hybridized carbons (Fsp3) is 0.538. The summed E-state index contributed by atoms with van der Waals surface area (Å²) in [7, 11) is 1.59. The van der Waals surface area contributed by atoms with Crippen molar-refractivity contribution in [2.75, 3.05) is 13.7 Å². The molecule has 1 N–H and O–H groups in total. The van der Waals surface area contributed by atoms with Crippen molar-refractivity contribution in [3.63, 3.8) is 0 Å². The first-order valence-electron chi connectivity index (χ1n) is 6.14. The van der Waals surface area contributed by atoms with E-state index in [-0.39, 0.29) is 6.42 Å². The van der Waals surface area contributed by atoms with Gasteiger partial charge in [0, 0.05) is 31.4 Å². The molecule has 1 aliphatic carbocycles. The lowest BCUT2D eigenvalue weighted by Gasteiger charge is -2.20. The van der Waals surface area contributed by atoms with Crippen LogP contribution in [0.4, 0.5) is 0 Å². The number of pyridine rings is 1. The topological polar surface area (TPSA) is 62.7 Å². The number of hydrogen-bond donors (Lipinski definition) is 1. The Morgan fingerprint density at radius 2 is 2.33 bits per heavy atom. The number of nitrogens with zero attached hydrogens (tertiary/aromatic N) is 2. The Kier molecular flexibility index (Phi) is 4.15. The van der Waals surface area contributed by atoms with Crippen LogP contribution in [-0.2, 0) is 11.3 Å². The molecule has 2 rings (SSSR count). The number of rotatable bonds is 7. The van der Waals surface area contributed by atoms with Crippen LogP contribution >= 0.6 is 0 Å². The summed E-state index contributed by atoms with van der Waals surface area (Å²) >= 11 is 0. The van der Waals surface area contributed by atoms with Crippen LogP contribution in [0.15, 0.2) is 18.3 Å². The number of carboxylic acids is 1. The van der Waals surface area contributed by atoms with E-state index in [1.807, 2.05) is 12.1 Å². The van der Waals surface area contributed by atoms with Gasteiger partial charge in [0.1, 0.15) is 0 Å². The smallest absolute Gasteiger partial charge is 0.304 e. The van der Waals surface area contributed by atoms with Crippen molar-refractivity contribution in [1.82, 2.24) is 9.88 Å². The molecule has 0 saturated heterocycles. The Labute approximate surface area is 106 Å². The number of hydrogen-bond acceptors (Lipinski definition) is 4. The molecule has 0 radical (unpaired) electrons. The van der Waals surface area contributed by atoms with Gasteiger partial charge in [-0.2, -0.15) is 0 Å². The van der Waals surface area contributed by atoms with E-state index in [4.69, 9.17) is 9.84 Å². The molecule has 0 aromatic carbocycles. The van der Waals surface area contributed by atoms with Gasteiger partial charge in [-0.05, 0) is 18.4 Å². The molecule has 5 heteroatoms. The fourth-order valence-corrected chi connectivity index (χ4v) is 1.93. The molecule has 0 spiro atoms. The fourth-order valence-electron chi connectivity index (χ4n) is 1.93. The van der Waals surface area contributed by atoms with Gasteiger partial charge in [0.05, 0.1) is 13.5 Å². The van der Waals surface area contributed by atoms with Gasteiger partial charge in [-0.3, -0.25) is 9.69 Å². The molecular formula is C13H18N2O3. The number of methoxy groups -OCH3 is 1. The predicted octanol–water partition coefficient (Wildman–Crippen LogP) is 1.53. The van der Waals surface area contributed by atoms with E-state index in [9.17, 15) is 4.79 Å². The molecule has 1 heterocycles. The number of carbonyl (C=O) groups is 1. The largest absolute Gasteiger partial charge is 0.481 e. The zero-order valence-corrected chi connectivity index (χ0v) is 10.5. The van der Waals surface area contributed by atoms with E-state index in [0.29, 0.717) is 18.5 Å². The van der Waals surface area contributed by atoms with E-state index >= 15 is 0 Å². The molecular weight excluding hydrogens is 232 g/mol. The summed E-state index contributed by atoms with van der Waals surface area (Å²) in [5.41, 5.74) is 1.09.